The monoisotopic (exact) mass is 486 g/mol. The van der Waals surface area contributed by atoms with Crippen LogP contribution in [0.3, 0.4) is 0 Å². The summed E-state index contributed by atoms with van der Waals surface area (Å²) in [6.07, 6.45) is 4.89. The standard InChI is InChI=1S/C25H34N4O4S/c1-18-7-8-19(2)21(16-18)9-10-23-24(20(3)26-33-23)34(31,32)29-11-5-6-22(17-29)25(30)28-14-12-27(4)13-15-28/h7-10,16,22H,5-6,11-15,17H2,1-4H3/b10-9+/t22-/m0/s1. The number of hydrogen-bond acceptors (Lipinski definition) is 6. The molecule has 2 saturated heterocycles. The van der Waals surface area contributed by atoms with Crippen LogP contribution in [0.2, 0.25) is 0 Å². The van der Waals surface area contributed by atoms with Gasteiger partial charge >= 0.3 is 0 Å². The fourth-order valence-electron chi connectivity index (χ4n) is 4.68. The van der Waals surface area contributed by atoms with Gasteiger partial charge in [0.2, 0.25) is 15.9 Å². The molecule has 1 amide bonds. The molecule has 4 rings (SSSR count). The van der Waals surface area contributed by atoms with E-state index >= 15 is 0 Å². The third-order valence-corrected chi connectivity index (χ3v) is 8.85. The quantitative estimate of drug-likeness (QED) is 0.646. The zero-order valence-corrected chi connectivity index (χ0v) is 21.3. The van der Waals surface area contributed by atoms with E-state index in [1.165, 1.54) is 4.31 Å². The zero-order chi connectivity index (χ0) is 24.5. The Kier molecular flexibility index (Phi) is 7.25. The average molecular weight is 487 g/mol. The van der Waals surface area contributed by atoms with Gasteiger partial charge in [-0.3, -0.25) is 4.79 Å². The Morgan fingerprint density at radius 2 is 1.82 bits per heavy atom. The van der Waals surface area contributed by atoms with Gasteiger partial charge in [-0.05, 0) is 57.9 Å². The van der Waals surface area contributed by atoms with Gasteiger partial charge in [0.1, 0.15) is 5.69 Å². The largest absolute Gasteiger partial charge is 0.355 e. The van der Waals surface area contributed by atoms with Crippen molar-refractivity contribution in [1.82, 2.24) is 19.3 Å². The van der Waals surface area contributed by atoms with Crippen molar-refractivity contribution in [3.05, 3.63) is 46.3 Å². The number of benzene rings is 1. The van der Waals surface area contributed by atoms with Crippen molar-refractivity contribution in [3.63, 3.8) is 0 Å². The molecule has 2 aliphatic heterocycles. The van der Waals surface area contributed by atoms with E-state index in [1.54, 1.807) is 13.0 Å². The molecule has 2 aliphatic rings. The molecule has 0 spiro atoms. The number of aryl methyl sites for hydroxylation is 3. The molecular formula is C25H34N4O4S. The first-order chi connectivity index (χ1) is 16.2. The molecule has 0 radical (unpaired) electrons. The minimum absolute atomic E-state index is 0.0603. The van der Waals surface area contributed by atoms with E-state index < -0.39 is 10.0 Å². The van der Waals surface area contributed by atoms with Gasteiger partial charge in [-0.15, -0.1) is 0 Å². The minimum Gasteiger partial charge on any atom is -0.355 e. The van der Waals surface area contributed by atoms with Crippen LogP contribution in [0.1, 0.15) is 41.0 Å². The maximum Gasteiger partial charge on any atom is 0.248 e. The van der Waals surface area contributed by atoms with Crippen LogP contribution in [-0.2, 0) is 14.8 Å². The van der Waals surface area contributed by atoms with Crippen molar-refractivity contribution in [2.45, 2.75) is 38.5 Å². The number of amides is 1. The molecule has 0 unspecified atom stereocenters. The summed E-state index contributed by atoms with van der Waals surface area (Å²) in [5.74, 6) is -0.0444. The zero-order valence-electron chi connectivity index (χ0n) is 20.5. The van der Waals surface area contributed by atoms with E-state index in [0.717, 1.165) is 29.8 Å². The summed E-state index contributed by atoms with van der Waals surface area (Å²) in [6.45, 7) is 9.32. The summed E-state index contributed by atoms with van der Waals surface area (Å²) in [5.41, 5.74) is 3.53. The molecule has 0 N–H and O–H groups in total. The number of likely N-dealkylation sites (N-methyl/N-ethyl adjacent to an activating group) is 1. The van der Waals surface area contributed by atoms with Gasteiger partial charge in [0.25, 0.3) is 0 Å². The molecule has 0 saturated carbocycles. The lowest BCUT2D eigenvalue weighted by molar-refractivity contribution is -0.138. The number of rotatable bonds is 5. The molecule has 9 heteroatoms. The van der Waals surface area contributed by atoms with Gasteiger partial charge < -0.3 is 14.3 Å². The number of aromatic nitrogens is 1. The Hall–Kier alpha value is -2.49. The van der Waals surface area contributed by atoms with E-state index in [2.05, 4.69) is 10.1 Å². The second kappa shape index (κ2) is 10.0. The molecule has 34 heavy (non-hydrogen) atoms. The van der Waals surface area contributed by atoms with Gasteiger partial charge in [0.15, 0.2) is 10.7 Å². The molecule has 2 fully saturated rings. The molecule has 8 nitrogen and oxygen atoms in total. The molecular weight excluding hydrogens is 452 g/mol. The van der Waals surface area contributed by atoms with E-state index in [1.807, 2.05) is 50.1 Å². The predicted molar refractivity (Wildman–Crippen MR) is 132 cm³/mol. The maximum atomic E-state index is 13.7. The second-order valence-corrected chi connectivity index (χ2v) is 11.4. The van der Waals surface area contributed by atoms with Crippen LogP contribution in [0, 0.1) is 26.7 Å². The normalized spacial score (nSPS) is 20.8. The van der Waals surface area contributed by atoms with E-state index in [4.69, 9.17) is 4.52 Å². The van der Waals surface area contributed by atoms with Crippen molar-refractivity contribution < 1.29 is 17.7 Å². The lowest BCUT2D eigenvalue weighted by Gasteiger charge is -2.37. The van der Waals surface area contributed by atoms with E-state index in [9.17, 15) is 13.2 Å². The number of hydrogen-bond donors (Lipinski definition) is 0. The Bertz CT molecular complexity index is 1180. The van der Waals surface area contributed by atoms with E-state index in [0.29, 0.717) is 38.2 Å². The van der Waals surface area contributed by atoms with Crippen molar-refractivity contribution in [2.24, 2.45) is 5.92 Å². The first-order valence-corrected chi connectivity index (χ1v) is 13.3. The van der Waals surface area contributed by atoms with Gasteiger partial charge in [0.05, 0.1) is 5.92 Å². The number of carbonyl (C=O) groups excluding carboxylic acids is 1. The molecule has 3 heterocycles. The molecule has 1 aromatic heterocycles. The van der Waals surface area contributed by atoms with Crippen LogP contribution >= 0.6 is 0 Å². The second-order valence-electron chi connectivity index (χ2n) is 9.49. The summed E-state index contributed by atoms with van der Waals surface area (Å²) < 4.78 is 34.2. The number of nitrogens with zero attached hydrogens (tertiary/aromatic N) is 4. The molecule has 0 aliphatic carbocycles. The molecule has 1 aromatic carbocycles. The van der Waals surface area contributed by atoms with Crippen molar-refractivity contribution >= 4 is 28.1 Å². The number of sulfonamides is 1. The lowest BCUT2D eigenvalue weighted by Crippen LogP contribution is -2.52. The maximum absolute atomic E-state index is 13.7. The first kappa shape index (κ1) is 24.6. The topological polar surface area (TPSA) is 87.0 Å². The highest BCUT2D eigenvalue weighted by Crippen LogP contribution is 2.30. The third-order valence-electron chi connectivity index (χ3n) is 6.83. The highest BCUT2D eigenvalue weighted by molar-refractivity contribution is 7.89. The molecule has 184 valence electrons. The van der Waals surface area contributed by atoms with Crippen LogP contribution in [0.4, 0.5) is 0 Å². The summed E-state index contributed by atoms with van der Waals surface area (Å²) >= 11 is 0. The first-order valence-electron chi connectivity index (χ1n) is 11.9. The van der Waals surface area contributed by atoms with Gasteiger partial charge in [-0.2, -0.15) is 4.31 Å². The van der Waals surface area contributed by atoms with Crippen LogP contribution in [-0.4, -0.2) is 79.9 Å². The molecule has 2 aromatic rings. The van der Waals surface area contributed by atoms with Crippen molar-refractivity contribution in [1.29, 1.82) is 0 Å². The van der Waals surface area contributed by atoms with Gasteiger partial charge in [0, 0.05) is 39.3 Å². The fraction of sp³-hybridized carbons (Fsp3) is 0.520. The Morgan fingerprint density at radius 1 is 1.09 bits per heavy atom. The van der Waals surface area contributed by atoms with Crippen molar-refractivity contribution in [3.8, 4) is 0 Å². The summed E-state index contributed by atoms with van der Waals surface area (Å²) in [4.78, 5) is 17.3. The number of carbonyl (C=O) groups is 1. The molecule has 0 bridgehead atoms. The summed E-state index contributed by atoms with van der Waals surface area (Å²) in [6, 6.07) is 6.11. The fourth-order valence-corrected chi connectivity index (χ4v) is 6.45. The van der Waals surface area contributed by atoms with Gasteiger partial charge in [-0.1, -0.05) is 35.0 Å². The van der Waals surface area contributed by atoms with Crippen molar-refractivity contribution in [2.75, 3.05) is 46.3 Å². The minimum atomic E-state index is -3.86. The Balaban J connectivity index is 1.55. The molecule has 1 atom stereocenters. The van der Waals surface area contributed by atoms with Crippen LogP contribution in [0.15, 0.2) is 27.6 Å². The smallest absolute Gasteiger partial charge is 0.248 e. The van der Waals surface area contributed by atoms with Gasteiger partial charge in [-0.25, -0.2) is 8.42 Å². The van der Waals surface area contributed by atoms with E-state index in [-0.39, 0.29) is 29.0 Å². The number of piperidine rings is 1. The highest BCUT2D eigenvalue weighted by Gasteiger charge is 2.38. The SMILES string of the molecule is Cc1ccc(C)c(/C=C/c2onc(C)c2S(=O)(=O)N2CCC[C@H](C(=O)N3CCN(C)CC3)C2)c1. The van der Waals surface area contributed by atoms with Crippen LogP contribution in [0.25, 0.3) is 12.2 Å². The third kappa shape index (κ3) is 5.11. The highest BCUT2D eigenvalue weighted by atomic mass is 32.2. The summed E-state index contributed by atoms with van der Waals surface area (Å²) in [7, 11) is -1.82. The number of piperazine rings is 1. The lowest BCUT2D eigenvalue weighted by atomic mass is 9.98. The Morgan fingerprint density at radius 3 is 2.56 bits per heavy atom. The predicted octanol–water partition coefficient (Wildman–Crippen LogP) is 2.94. The van der Waals surface area contributed by atoms with Crippen LogP contribution < -0.4 is 0 Å². The average Bonchev–Trinajstić information content (AvgIpc) is 3.21. The van der Waals surface area contributed by atoms with Crippen LogP contribution in [0.5, 0.6) is 0 Å². The Labute approximate surface area is 202 Å². The summed E-state index contributed by atoms with van der Waals surface area (Å²) in [5, 5.41) is 3.95.